The summed E-state index contributed by atoms with van der Waals surface area (Å²) in [6.07, 6.45) is 6.03. The van der Waals surface area contributed by atoms with Gasteiger partial charge in [-0.05, 0) is 24.7 Å². The fraction of sp³-hybridized carbons (Fsp3) is 0.583. The molecule has 0 radical (unpaired) electrons. The van der Waals surface area contributed by atoms with Gasteiger partial charge in [0.2, 0.25) is 0 Å². The number of nitrogens with zero attached hydrogens (tertiary/aromatic N) is 2. The first kappa shape index (κ1) is 11.8. The molecule has 92 valence electrons. The number of amides is 1. The zero-order chi connectivity index (χ0) is 12.5. The molecule has 3 N–H and O–H groups in total. The first-order valence-corrected chi connectivity index (χ1v) is 5.85. The molecule has 0 saturated heterocycles. The summed E-state index contributed by atoms with van der Waals surface area (Å²) in [6.45, 7) is 4.44. The molecule has 0 aliphatic heterocycles. The van der Waals surface area contributed by atoms with Crippen molar-refractivity contribution in [2.24, 2.45) is 5.41 Å². The highest BCUT2D eigenvalue weighted by molar-refractivity contribution is 5.92. The van der Waals surface area contributed by atoms with Gasteiger partial charge in [-0.15, -0.1) is 0 Å². The normalized spacial score (nSPS) is 22.4. The van der Waals surface area contributed by atoms with Crippen molar-refractivity contribution in [3.05, 3.63) is 18.1 Å². The standard InChI is InChI=1S/C12H18N4O/c1-12(2)4-3-8(5-12)15-11(17)9-6-14-7-10(13)16-9/h6-8H,3-5H2,1-2H3,(H2,13,16)(H,15,17). The van der Waals surface area contributed by atoms with E-state index in [1.165, 1.54) is 12.4 Å². The predicted octanol–water partition coefficient (Wildman–Crippen LogP) is 1.37. The first-order chi connectivity index (χ1) is 7.96. The molecule has 1 aliphatic rings. The van der Waals surface area contributed by atoms with Gasteiger partial charge >= 0.3 is 0 Å². The Labute approximate surface area is 101 Å². The average Bonchev–Trinajstić information content (AvgIpc) is 2.58. The molecule has 1 fully saturated rings. The van der Waals surface area contributed by atoms with Crippen LogP contribution >= 0.6 is 0 Å². The average molecular weight is 234 g/mol. The summed E-state index contributed by atoms with van der Waals surface area (Å²) in [4.78, 5) is 19.7. The lowest BCUT2D eigenvalue weighted by molar-refractivity contribution is 0.0930. The molecule has 5 heteroatoms. The minimum atomic E-state index is -0.187. The van der Waals surface area contributed by atoms with E-state index < -0.39 is 0 Å². The summed E-state index contributed by atoms with van der Waals surface area (Å²) in [7, 11) is 0. The lowest BCUT2D eigenvalue weighted by Gasteiger charge is -2.17. The molecule has 0 spiro atoms. The lowest BCUT2D eigenvalue weighted by Crippen LogP contribution is -2.34. The Morgan fingerprint density at radius 1 is 1.53 bits per heavy atom. The summed E-state index contributed by atoms with van der Waals surface area (Å²) in [6, 6.07) is 0.237. The number of rotatable bonds is 2. The highest BCUT2D eigenvalue weighted by atomic mass is 16.1. The van der Waals surface area contributed by atoms with Gasteiger partial charge < -0.3 is 11.1 Å². The largest absolute Gasteiger partial charge is 0.382 e. The number of nitrogen functional groups attached to an aromatic ring is 1. The van der Waals surface area contributed by atoms with Gasteiger partial charge in [0.15, 0.2) is 0 Å². The monoisotopic (exact) mass is 234 g/mol. The van der Waals surface area contributed by atoms with Gasteiger partial charge in [-0.2, -0.15) is 0 Å². The zero-order valence-corrected chi connectivity index (χ0v) is 10.2. The molecule has 17 heavy (non-hydrogen) atoms. The molecule has 1 aromatic rings. The van der Waals surface area contributed by atoms with Crippen molar-refractivity contribution in [3.63, 3.8) is 0 Å². The van der Waals surface area contributed by atoms with E-state index in [0.717, 1.165) is 19.3 Å². The number of carbonyl (C=O) groups is 1. The Morgan fingerprint density at radius 3 is 2.88 bits per heavy atom. The van der Waals surface area contributed by atoms with Crippen LogP contribution in [0.15, 0.2) is 12.4 Å². The topological polar surface area (TPSA) is 80.9 Å². The molecule has 5 nitrogen and oxygen atoms in total. The molecule has 0 bridgehead atoms. The van der Waals surface area contributed by atoms with Crippen LogP contribution < -0.4 is 11.1 Å². The van der Waals surface area contributed by atoms with Crippen LogP contribution in [0.3, 0.4) is 0 Å². The van der Waals surface area contributed by atoms with Crippen LogP contribution in [0, 0.1) is 5.41 Å². The van der Waals surface area contributed by atoms with Crippen molar-refractivity contribution >= 4 is 11.7 Å². The van der Waals surface area contributed by atoms with E-state index in [4.69, 9.17) is 5.73 Å². The number of hydrogen-bond donors (Lipinski definition) is 2. The van der Waals surface area contributed by atoms with E-state index in [2.05, 4.69) is 29.1 Å². The number of aromatic nitrogens is 2. The molecule has 1 atom stereocenters. The summed E-state index contributed by atoms with van der Waals surface area (Å²) in [5, 5.41) is 2.98. The van der Waals surface area contributed by atoms with Crippen molar-refractivity contribution in [3.8, 4) is 0 Å². The number of nitrogens with two attached hydrogens (primary N) is 1. The Kier molecular flexibility index (Phi) is 3.00. The Morgan fingerprint density at radius 2 is 2.29 bits per heavy atom. The number of hydrogen-bond acceptors (Lipinski definition) is 4. The van der Waals surface area contributed by atoms with E-state index >= 15 is 0 Å². The summed E-state index contributed by atoms with van der Waals surface area (Å²) in [5.41, 5.74) is 6.10. The second-order valence-corrected chi connectivity index (χ2v) is 5.41. The van der Waals surface area contributed by atoms with Gasteiger partial charge in [0, 0.05) is 6.04 Å². The van der Waals surface area contributed by atoms with Crippen molar-refractivity contribution in [1.29, 1.82) is 0 Å². The zero-order valence-electron chi connectivity index (χ0n) is 10.2. The quantitative estimate of drug-likeness (QED) is 0.809. The first-order valence-electron chi connectivity index (χ1n) is 5.85. The molecule has 1 amide bonds. The van der Waals surface area contributed by atoms with Crippen molar-refractivity contribution in [2.45, 2.75) is 39.2 Å². The fourth-order valence-electron chi connectivity index (χ4n) is 2.31. The third-order valence-electron chi connectivity index (χ3n) is 3.19. The van der Waals surface area contributed by atoms with Crippen LogP contribution in [0.2, 0.25) is 0 Å². The molecule has 2 rings (SSSR count). The van der Waals surface area contributed by atoms with Crippen LogP contribution in [0.5, 0.6) is 0 Å². The minimum Gasteiger partial charge on any atom is -0.382 e. The lowest BCUT2D eigenvalue weighted by atomic mass is 9.92. The van der Waals surface area contributed by atoms with E-state index in [1.807, 2.05) is 0 Å². The van der Waals surface area contributed by atoms with Gasteiger partial charge in [-0.3, -0.25) is 9.78 Å². The van der Waals surface area contributed by atoms with Crippen molar-refractivity contribution < 1.29 is 4.79 Å². The van der Waals surface area contributed by atoms with Crippen LogP contribution in [-0.4, -0.2) is 21.9 Å². The van der Waals surface area contributed by atoms with Gasteiger partial charge in [0.25, 0.3) is 5.91 Å². The number of carbonyl (C=O) groups excluding carboxylic acids is 1. The maximum Gasteiger partial charge on any atom is 0.271 e. The van der Waals surface area contributed by atoms with Gasteiger partial charge in [-0.1, -0.05) is 13.8 Å². The Hall–Kier alpha value is -1.65. The van der Waals surface area contributed by atoms with E-state index in [1.54, 1.807) is 0 Å². The highest BCUT2D eigenvalue weighted by Crippen LogP contribution is 2.36. The van der Waals surface area contributed by atoms with E-state index in [-0.39, 0.29) is 23.5 Å². The van der Waals surface area contributed by atoms with Gasteiger partial charge in [0.05, 0.1) is 12.4 Å². The van der Waals surface area contributed by atoms with Crippen molar-refractivity contribution in [1.82, 2.24) is 15.3 Å². The van der Waals surface area contributed by atoms with Crippen LogP contribution in [0.25, 0.3) is 0 Å². The van der Waals surface area contributed by atoms with E-state index in [9.17, 15) is 4.79 Å². The maximum atomic E-state index is 11.9. The molecule has 1 unspecified atom stereocenters. The van der Waals surface area contributed by atoms with Gasteiger partial charge in [-0.25, -0.2) is 4.98 Å². The van der Waals surface area contributed by atoms with Crippen LogP contribution in [0.4, 0.5) is 5.82 Å². The SMILES string of the molecule is CC1(C)CCC(NC(=O)c2cncc(N)n2)C1. The smallest absolute Gasteiger partial charge is 0.271 e. The molecule has 1 aromatic heterocycles. The van der Waals surface area contributed by atoms with Gasteiger partial charge in [0.1, 0.15) is 11.5 Å². The second-order valence-electron chi connectivity index (χ2n) is 5.41. The maximum absolute atomic E-state index is 11.9. The van der Waals surface area contributed by atoms with Crippen LogP contribution in [0.1, 0.15) is 43.6 Å². The Bertz CT molecular complexity index is 430. The Balaban J connectivity index is 1.98. The molecule has 1 heterocycles. The molecular weight excluding hydrogens is 216 g/mol. The number of nitrogens with one attached hydrogen (secondary N) is 1. The third kappa shape index (κ3) is 2.93. The predicted molar refractivity (Wildman–Crippen MR) is 65.3 cm³/mol. The van der Waals surface area contributed by atoms with Crippen molar-refractivity contribution in [2.75, 3.05) is 5.73 Å². The molecule has 1 aliphatic carbocycles. The summed E-state index contributed by atoms with van der Waals surface area (Å²) < 4.78 is 0. The fourth-order valence-corrected chi connectivity index (χ4v) is 2.31. The molecular formula is C12H18N4O. The summed E-state index contributed by atoms with van der Waals surface area (Å²) >= 11 is 0. The second kappa shape index (κ2) is 4.31. The van der Waals surface area contributed by atoms with E-state index in [0.29, 0.717) is 5.41 Å². The number of anilines is 1. The highest BCUT2D eigenvalue weighted by Gasteiger charge is 2.31. The summed E-state index contributed by atoms with van der Waals surface area (Å²) in [5.74, 6) is 0.0805. The molecule has 1 saturated carbocycles. The van der Waals surface area contributed by atoms with Crippen LogP contribution in [-0.2, 0) is 0 Å². The minimum absolute atomic E-state index is 0.187. The third-order valence-corrected chi connectivity index (χ3v) is 3.19. The molecule has 0 aromatic carbocycles.